The molecule has 41 heavy (non-hydrogen) atoms. The van der Waals surface area contributed by atoms with Gasteiger partial charge in [-0.15, -0.1) is 10.1 Å². The number of amides is 1. The molecule has 1 aromatic carbocycles. The Labute approximate surface area is 241 Å². The van der Waals surface area contributed by atoms with Crippen molar-refractivity contribution in [2.24, 2.45) is 0 Å². The Morgan fingerprint density at radius 3 is 2.61 bits per heavy atom. The van der Waals surface area contributed by atoms with Crippen LogP contribution in [0.5, 0.6) is 0 Å². The van der Waals surface area contributed by atoms with E-state index in [1.54, 1.807) is 13.0 Å². The molecule has 1 aromatic rings. The summed E-state index contributed by atoms with van der Waals surface area (Å²) < 4.78 is 5.48. The minimum Gasteiger partial charge on any atom is -0.480 e. The van der Waals surface area contributed by atoms with Crippen LogP contribution in [0.2, 0.25) is 0 Å². The van der Waals surface area contributed by atoms with Crippen molar-refractivity contribution >= 4 is 17.8 Å². The first-order chi connectivity index (χ1) is 19.6. The molecule has 11 heteroatoms. The number of esters is 1. The number of nitrogens with one attached hydrogen (secondary N) is 1. The molecule has 1 heterocycles. The normalized spacial score (nSPS) is 16.5. The third kappa shape index (κ3) is 11.6. The van der Waals surface area contributed by atoms with Gasteiger partial charge in [-0.25, -0.2) is 4.79 Å². The summed E-state index contributed by atoms with van der Waals surface area (Å²) in [6.07, 6.45) is 10.9. The standard InChI is InChI=1S/C30H41N3O8/c1-4-5-6-8-13-22(2)16-17-26(29(35)36)31-23(3)28(34)32-21-25-15-10-9-14-24(25)20-27(32)30(37)40-18-11-7-12-19-41-33(38)39/h4-6,9-10,13-15,23,26-27,31H,1,7-8,11-12,16-21H2,2-3H3,(H,35,36)/b6-5-,22-13+. The molecular weight excluding hydrogens is 530 g/mol. The second-order valence-corrected chi connectivity index (χ2v) is 10.0. The minimum atomic E-state index is -1.05. The number of rotatable bonds is 18. The maximum atomic E-state index is 13.6. The van der Waals surface area contributed by atoms with Crippen LogP contribution in [0.3, 0.4) is 0 Å². The lowest BCUT2D eigenvalue weighted by Crippen LogP contribution is -2.56. The van der Waals surface area contributed by atoms with Crippen LogP contribution in [0.4, 0.5) is 0 Å². The molecule has 0 saturated carbocycles. The summed E-state index contributed by atoms with van der Waals surface area (Å²) in [6, 6.07) is 4.92. The van der Waals surface area contributed by atoms with Crippen molar-refractivity contribution < 1.29 is 34.2 Å². The van der Waals surface area contributed by atoms with Gasteiger partial charge in [0.1, 0.15) is 12.1 Å². The monoisotopic (exact) mass is 571 g/mol. The fourth-order valence-corrected chi connectivity index (χ4v) is 4.57. The zero-order valence-electron chi connectivity index (χ0n) is 23.8. The number of ether oxygens (including phenoxy) is 1. The van der Waals surface area contributed by atoms with Crippen molar-refractivity contribution in [2.45, 2.75) is 83.5 Å². The molecule has 0 spiro atoms. The third-order valence-electron chi connectivity index (χ3n) is 6.86. The van der Waals surface area contributed by atoms with Gasteiger partial charge in [-0.3, -0.25) is 14.9 Å². The number of nitrogens with zero attached hydrogens (tertiary/aromatic N) is 2. The highest BCUT2D eigenvalue weighted by Crippen LogP contribution is 2.25. The lowest BCUT2D eigenvalue weighted by molar-refractivity contribution is -0.757. The molecule has 2 N–H and O–H groups in total. The highest BCUT2D eigenvalue weighted by molar-refractivity contribution is 5.88. The van der Waals surface area contributed by atoms with Gasteiger partial charge in [0.2, 0.25) is 5.91 Å². The summed E-state index contributed by atoms with van der Waals surface area (Å²) in [4.78, 5) is 54.6. The van der Waals surface area contributed by atoms with Gasteiger partial charge in [-0.2, -0.15) is 0 Å². The predicted molar refractivity (Wildman–Crippen MR) is 153 cm³/mol. The van der Waals surface area contributed by atoms with Gasteiger partial charge in [0.25, 0.3) is 5.09 Å². The number of carbonyl (C=O) groups is 3. The molecule has 2 rings (SSSR count). The molecule has 0 aromatic heterocycles. The number of fused-ring (bicyclic) bond motifs is 1. The topological polar surface area (TPSA) is 148 Å². The Morgan fingerprint density at radius 1 is 1.22 bits per heavy atom. The highest BCUT2D eigenvalue weighted by Gasteiger charge is 2.38. The summed E-state index contributed by atoms with van der Waals surface area (Å²) in [5.74, 6) is -1.97. The summed E-state index contributed by atoms with van der Waals surface area (Å²) in [5, 5.41) is 22.1. The number of allylic oxidation sites excluding steroid dienone is 5. The first-order valence-electron chi connectivity index (χ1n) is 13.9. The van der Waals surface area contributed by atoms with E-state index in [1.165, 1.54) is 4.90 Å². The largest absolute Gasteiger partial charge is 0.480 e. The van der Waals surface area contributed by atoms with Crippen molar-refractivity contribution in [3.05, 3.63) is 82.0 Å². The number of carbonyl (C=O) groups excluding carboxylic acids is 2. The fraction of sp³-hybridized carbons (Fsp3) is 0.500. The second kappa shape index (κ2) is 17.6. The third-order valence-corrected chi connectivity index (χ3v) is 6.86. The second-order valence-electron chi connectivity index (χ2n) is 10.0. The lowest BCUT2D eigenvalue weighted by atomic mass is 9.93. The summed E-state index contributed by atoms with van der Waals surface area (Å²) >= 11 is 0. The molecule has 0 fully saturated rings. The first-order valence-corrected chi connectivity index (χ1v) is 13.9. The van der Waals surface area contributed by atoms with Gasteiger partial charge in [0.05, 0.1) is 19.3 Å². The quantitative estimate of drug-likeness (QED) is 0.0662. The van der Waals surface area contributed by atoms with Crippen molar-refractivity contribution in [2.75, 3.05) is 13.2 Å². The smallest absolute Gasteiger partial charge is 0.329 e. The molecule has 0 saturated heterocycles. The van der Waals surface area contributed by atoms with Crippen LogP contribution < -0.4 is 5.32 Å². The van der Waals surface area contributed by atoms with Gasteiger partial charge in [0, 0.05) is 13.0 Å². The summed E-state index contributed by atoms with van der Waals surface area (Å²) in [7, 11) is 0. The minimum absolute atomic E-state index is 0.0200. The number of carboxylic acids is 1. The van der Waals surface area contributed by atoms with Crippen molar-refractivity contribution in [1.82, 2.24) is 10.2 Å². The lowest BCUT2D eigenvalue weighted by Gasteiger charge is -2.37. The van der Waals surface area contributed by atoms with Crippen LogP contribution in [-0.2, 0) is 36.9 Å². The summed E-state index contributed by atoms with van der Waals surface area (Å²) in [6.45, 7) is 7.48. The molecule has 3 unspecified atom stereocenters. The van der Waals surface area contributed by atoms with Crippen molar-refractivity contribution in [3.8, 4) is 0 Å². The van der Waals surface area contributed by atoms with E-state index in [1.807, 2.05) is 49.4 Å². The van der Waals surface area contributed by atoms with Crippen LogP contribution in [-0.4, -0.2) is 64.3 Å². The van der Waals surface area contributed by atoms with E-state index < -0.39 is 35.2 Å². The number of hydrogen-bond donors (Lipinski definition) is 2. The van der Waals surface area contributed by atoms with E-state index in [9.17, 15) is 29.6 Å². The Hall–Kier alpha value is -3.99. The molecule has 0 radical (unpaired) electrons. The van der Waals surface area contributed by atoms with Gasteiger partial charge in [-0.1, -0.05) is 60.7 Å². The van der Waals surface area contributed by atoms with E-state index in [0.717, 1.165) is 23.1 Å². The predicted octanol–water partition coefficient (Wildman–Crippen LogP) is 4.15. The van der Waals surface area contributed by atoms with E-state index in [4.69, 9.17) is 4.74 Å². The maximum absolute atomic E-state index is 13.6. The molecule has 0 bridgehead atoms. The molecule has 1 aliphatic heterocycles. The van der Waals surface area contributed by atoms with Crippen LogP contribution in [0.1, 0.15) is 63.5 Å². The molecule has 3 atom stereocenters. The molecule has 1 amide bonds. The number of hydrogen-bond acceptors (Lipinski definition) is 8. The van der Waals surface area contributed by atoms with Crippen LogP contribution in [0.25, 0.3) is 0 Å². The zero-order valence-corrected chi connectivity index (χ0v) is 23.8. The number of unbranched alkanes of at least 4 members (excludes halogenated alkanes) is 2. The fourth-order valence-electron chi connectivity index (χ4n) is 4.57. The van der Waals surface area contributed by atoms with Gasteiger partial charge >= 0.3 is 11.9 Å². The first kappa shape index (κ1) is 33.2. The number of carboxylic acid groups (broad SMARTS) is 1. The Morgan fingerprint density at radius 2 is 1.93 bits per heavy atom. The Balaban J connectivity index is 2.02. The SMILES string of the molecule is C=C/C=C\C/C=C(\C)CCC(NC(C)C(=O)N1Cc2ccccc2CC1C(=O)OCCCCCO[N+](=O)[O-])C(=O)O. The number of benzene rings is 1. The van der Waals surface area contributed by atoms with Crippen LogP contribution >= 0.6 is 0 Å². The zero-order chi connectivity index (χ0) is 30.2. The highest BCUT2D eigenvalue weighted by atomic mass is 16.9. The van der Waals surface area contributed by atoms with Crippen LogP contribution in [0, 0.1) is 10.1 Å². The number of aliphatic carboxylic acids is 1. The molecule has 1 aliphatic rings. The average molecular weight is 572 g/mol. The van der Waals surface area contributed by atoms with Crippen LogP contribution in [0.15, 0.2) is 60.7 Å². The molecule has 11 nitrogen and oxygen atoms in total. The van der Waals surface area contributed by atoms with E-state index >= 15 is 0 Å². The summed E-state index contributed by atoms with van der Waals surface area (Å²) in [5.41, 5.74) is 2.92. The van der Waals surface area contributed by atoms with E-state index in [-0.39, 0.29) is 32.1 Å². The van der Waals surface area contributed by atoms with Gasteiger partial charge in [0.15, 0.2) is 0 Å². The Kier molecular flexibility index (Phi) is 14.3. The molecule has 224 valence electrons. The van der Waals surface area contributed by atoms with Crippen molar-refractivity contribution in [3.63, 3.8) is 0 Å². The molecule has 0 aliphatic carbocycles. The maximum Gasteiger partial charge on any atom is 0.329 e. The van der Waals surface area contributed by atoms with E-state index in [0.29, 0.717) is 32.1 Å². The van der Waals surface area contributed by atoms with Gasteiger partial charge in [-0.05, 0) is 63.5 Å². The van der Waals surface area contributed by atoms with Gasteiger partial charge < -0.3 is 19.6 Å². The van der Waals surface area contributed by atoms with Crippen molar-refractivity contribution in [1.29, 1.82) is 0 Å². The Bertz CT molecular complexity index is 1120. The van der Waals surface area contributed by atoms with E-state index in [2.05, 4.69) is 16.7 Å². The average Bonchev–Trinajstić information content (AvgIpc) is 2.95. The molecular formula is C30H41N3O8.